The summed E-state index contributed by atoms with van der Waals surface area (Å²) in [6.45, 7) is 8.24. The van der Waals surface area contributed by atoms with Gasteiger partial charge in [0.15, 0.2) is 0 Å². The summed E-state index contributed by atoms with van der Waals surface area (Å²) in [5.41, 5.74) is 1.14. The van der Waals surface area contributed by atoms with Gasteiger partial charge in [-0.1, -0.05) is 20.4 Å². The van der Waals surface area contributed by atoms with Crippen molar-refractivity contribution in [3.63, 3.8) is 0 Å². The van der Waals surface area contributed by atoms with Crippen molar-refractivity contribution < 1.29 is 0 Å². The summed E-state index contributed by atoms with van der Waals surface area (Å²) in [4.78, 5) is 0. The van der Waals surface area contributed by atoms with E-state index in [1.54, 1.807) is 0 Å². The molecule has 0 aliphatic rings. The highest BCUT2D eigenvalue weighted by atomic mass is 15.6. The minimum absolute atomic E-state index is 0.521. The van der Waals surface area contributed by atoms with E-state index >= 15 is 0 Å². The minimum Gasteiger partial charge on any atom is -0.314 e. The van der Waals surface area contributed by atoms with E-state index in [-0.39, 0.29) is 0 Å². The van der Waals surface area contributed by atoms with E-state index in [0.29, 0.717) is 5.92 Å². The molecule has 0 unspecified atom stereocenters. The van der Waals surface area contributed by atoms with Gasteiger partial charge in [0.2, 0.25) is 0 Å². The van der Waals surface area contributed by atoms with Gasteiger partial charge in [0.05, 0.1) is 0 Å². The second-order valence-corrected chi connectivity index (χ2v) is 3.02. The van der Waals surface area contributed by atoms with E-state index in [1.807, 2.05) is 31.2 Å². The Hall–Kier alpha value is -0.500. The highest BCUT2D eigenvalue weighted by Crippen LogP contribution is 2.10. The predicted molar refractivity (Wildman–Crippen MR) is 45.4 cm³/mol. The van der Waals surface area contributed by atoms with Crippen LogP contribution >= 0.6 is 0 Å². The van der Waals surface area contributed by atoms with Gasteiger partial charge in [0.1, 0.15) is 0 Å². The molecule has 0 atom stereocenters. The first kappa shape index (κ1) is 9.50. The maximum Gasteiger partial charge on any atom is 0.0246 e. The van der Waals surface area contributed by atoms with Crippen LogP contribution in [-0.2, 0) is 0 Å². The first-order valence-electron chi connectivity index (χ1n) is 3.56. The van der Waals surface area contributed by atoms with Gasteiger partial charge in [-0.2, -0.15) is 0 Å². The molecule has 0 radical (unpaired) electrons. The molecule has 0 heterocycles. The Morgan fingerprint density at radius 1 is 1.20 bits per heavy atom. The van der Waals surface area contributed by atoms with E-state index in [1.165, 1.54) is 0 Å². The molecule has 0 aliphatic carbocycles. The fraction of sp³-hybridized carbons (Fsp3) is 0.750. The number of nitrogens with zero attached hydrogens (tertiary/aromatic N) is 2. The molecule has 60 valence electrons. The van der Waals surface area contributed by atoms with Crippen molar-refractivity contribution in [3.05, 3.63) is 12.3 Å². The molecule has 2 heteroatoms. The van der Waals surface area contributed by atoms with Gasteiger partial charge in [0.25, 0.3) is 0 Å². The zero-order chi connectivity index (χ0) is 8.31. The summed E-state index contributed by atoms with van der Waals surface area (Å²) >= 11 is 0. The van der Waals surface area contributed by atoms with Gasteiger partial charge in [-0.25, -0.2) is 5.01 Å². The quantitative estimate of drug-likeness (QED) is 0.552. The van der Waals surface area contributed by atoms with Gasteiger partial charge in [-0.3, -0.25) is 0 Å². The third-order valence-electron chi connectivity index (χ3n) is 1.68. The van der Waals surface area contributed by atoms with Gasteiger partial charge < -0.3 is 5.01 Å². The highest BCUT2D eigenvalue weighted by Gasteiger charge is 2.06. The molecular weight excluding hydrogens is 124 g/mol. The topological polar surface area (TPSA) is 6.48 Å². The molecule has 2 nitrogen and oxygen atoms in total. The van der Waals surface area contributed by atoms with E-state index in [0.717, 1.165) is 5.70 Å². The molecule has 10 heavy (non-hydrogen) atoms. The normalized spacial score (nSPS) is 10.7. The zero-order valence-electron chi connectivity index (χ0n) is 7.68. The summed E-state index contributed by atoms with van der Waals surface area (Å²) in [7, 11) is 6.03. The Kier molecular flexibility index (Phi) is 3.43. The number of hydrogen-bond donors (Lipinski definition) is 0. The van der Waals surface area contributed by atoms with Crippen molar-refractivity contribution in [2.45, 2.75) is 13.8 Å². The molecule has 0 N–H and O–H groups in total. The van der Waals surface area contributed by atoms with Crippen molar-refractivity contribution in [2.75, 3.05) is 21.1 Å². The fourth-order valence-electron chi connectivity index (χ4n) is 0.631. The van der Waals surface area contributed by atoms with Gasteiger partial charge in [-0.05, 0) is 5.92 Å². The van der Waals surface area contributed by atoms with Crippen LogP contribution in [-0.4, -0.2) is 31.2 Å². The van der Waals surface area contributed by atoms with E-state index in [4.69, 9.17) is 0 Å². The average molecular weight is 142 g/mol. The molecule has 0 aromatic rings. The Balaban J connectivity index is 3.95. The first-order valence-corrected chi connectivity index (χ1v) is 3.56. The van der Waals surface area contributed by atoms with E-state index in [9.17, 15) is 0 Å². The average Bonchev–Trinajstić information content (AvgIpc) is 1.84. The molecule has 0 aliphatic heterocycles. The van der Waals surface area contributed by atoms with Gasteiger partial charge >= 0.3 is 0 Å². The number of hydrazine groups is 1. The molecule has 0 saturated heterocycles. The van der Waals surface area contributed by atoms with Crippen LogP contribution in [0.3, 0.4) is 0 Å². The molecule has 0 fully saturated rings. The summed E-state index contributed by atoms with van der Waals surface area (Å²) < 4.78 is 0. The molecule has 0 amide bonds. The third-order valence-corrected chi connectivity index (χ3v) is 1.68. The standard InChI is InChI=1S/C8H18N2/c1-7(2)8(3)10(6)9(4)5/h7H,3H2,1-2,4-6H3. The zero-order valence-corrected chi connectivity index (χ0v) is 7.68. The summed E-state index contributed by atoms with van der Waals surface area (Å²) in [5, 5.41) is 4.06. The van der Waals surface area contributed by atoms with Crippen molar-refractivity contribution in [3.8, 4) is 0 Å². The Morgan fingerprint density at radius 2 is 1.60 bits per heavy atom. The van der Waals surface area contributed by atoms with Gasteiger partial charge in [-0.15, -0.1) is 0 Å². The van der Waals surface area contributed by atoms with E-state index in [2.05, 4.69) is 20.4 Å². The maximum atomic E-state index is 3.96. The lowest BCUT2D eigenvalue weighted by molar-refractivity contribution is 0.0870. The van der Waals surface area contributed by atoms with E-state index < -0.39 is 0 Å². The number of rotatable bonds is 3. The number of hydrogen-bond acceptors (Lipinski definition) is 2. The van der Waals surface area contributed by atoms with Crippen LogP contribution in [0.4, 0.5) is 0 Å². The second-order valence-electron chi connectivity index (χ2n) is 3.02. The van der Waals surface area contributed by atoms with Crippen LogP contribution < -0.4 is 0 Å². The fourth-order valence-corrected chi connectivity index (χ4v) is 0.631. The monoisotopic (exact) mass is 142 g/mol. The molecule has 0 saturated carbocycles. The molecule has 0 spiro atoms. The SMILES string of the molecule is C=C(C(C)C)N(C)N(C)C. The van der Waals surface area contributed by atoms with Gasteiger partial charge in [0, 0.05) is 26.8 Å². The molecule has 0 aromatic heterocycles. The van der Waals surface area contributed by atoms with Crippen LogP contribution in [0, 0.1) is 5.92 Å². The first-order chi connectivity index (χ1) is 4.46. The smallest absolute Gasteiger partial charge is 0.0246 e. The van der Waals surface area contributed by atoms with Crippen LogP contribution in [0.5, 0.6) is 0 Å². The molecule has 0 rings (SSSR count). The Labute approximate surface area is 64.1 Å². The minimum atomic E-state index is 0.521. The molecule has 0 bridgehead atoms. The van der Waals surface area contributed by atoms with Crippen molar-refractivity contribution >= 4 is 0 Å². The van der Waals surface area contributed by atoms with Crippen LogP contribution in [0.2, 0.25) is 0 Å². The lowest BCUT2D eigenvalue weighted by atomic mass is 10.1. The summed E-state index contributed by atoms with van der Waals surface area (Å²) in [6, 6.07) is 0. The lowest BCUT2D eigenvalue weighted by Gasteiger charge is -2.30. The highest BCUT2D eigenvalue weighted by molar-refractivity contribution is 4.93. The van der Waals surface area contributed by atoms with Crippen LogP contribution in [0.25, 0.3) is 0 Å². The van der Waals surface area contributed by atoms with Crippen LogP contribution in [0.1, 0.15) is 13.8 Å². The van der Waals surface area contributed by atoms with Crippen molar-refractivity contribution in [1.82, 2.24) is 10.0 Å². The Morgan fingerprint density at radius 3 is 1.70 bits per heavy atom. The van der Waals surface area contributed by atoms with Crippen molar-refractivity contribution in [2.24, 2.45) is 5.92 Å². The van der Waals surface area contributed by atoms with Crippen molar-refractivity contribution in [1.29, 1.82) is 0 Å². The largest absolute Gasteiger partial charge is 0.314 e. The Bertz CT molecular complexity index is 116. The maximum absolute atomic E-state index is 3.96. The predicted octanol–water partition coefficient (Wildman–Crippen LogP) is 1.56. The molecule has 0 aromatic carbocycles. The summed E-state index contributed by atoms with van der Waals surface area (Å²) in [6.07, 6.45) is 0. The lowest BCUT2D eigenvalue weighted by Crippen LogP contribution is -2.33. The molecular formula is C8H18N2. The summed E-state index contributed by atoms with van der Waals surface area (Å²) in [5.74, 6) is 0.521. The van der Waals surface area contributed by atoms with Crippen LogP contribution in [0.15, 0.2) is 12.3 Å². The number of allylic oxidation sites excluding steroid dienone is 1. The third kappa shape index (κ3) is 2.40. The second kappa shape index (κ2) is 3.62.